The zero-order valence-electron chi connectivity index (χ0n) is 17.2. The molecule has 3 unspecified atom stereocenters. The van der Waals surface area contributed by atoms with Crippen molar-refractivity contribution in [2.24, 2.45) is 11.8 Å². The normalized spacial score (nSPS) is 25.2. The van der Waals surface area contributed by atoms with Crippen LogP contribution < -0.4 is 10.1 Å². The molecule has 2 aliphatic carbocycles. The Kier molecular flexibility index (Phi) is 6.77. The van der Waals surface area contributed by atoms with Gasteiger partial charge in [0.2, 0.25) is 11.8 Å². The van der Waals surface area contributed by atoms with Crippen LogP contribution in [0.25, 0.3) is 0 Å². The zero-order valence-corrected chi connectivity index (χ0v) is 17.2. The molecular formula is C21H28F3N3O3. The van der Waals surface area contributed by atoms with Crippen LogP contribution in [0, 0.1) is 18.8 Å². The molecule has 0 bridgehead atoms. The SMILES string of the molecule is COc1cc(C)nn1CC1CCCC(NC(=O)C2CC(C(F)(F)F)=CC=C2O)CC1. The lowest BCUT2D eigenvalue weighted by atomic mass is 9.91. The Labute approximate surface area is 173 Å². The Morgan fingerprint density at radius 1 is 1.30 bits per heavy atom. The lowest BCUT2D eigenvalue weighted by Gasteiger charge is -2.25. The third-order valence-corrected chi connectivity index (χ3v) is 5.86. The van der Waals surface area contributed by atoms with Gasteiger partial charge in [-0.1, -0.05) is 12.5 Å². The number of halogens is 3. The summed E-state index contributed by atoms with van der Waals surface area (Å²) in [4.78, 5) is 12.6. The van der Waals surface area contributed by atoms with E-state index in [1.807, 2.05) is 17.7 Å². The minimum Gasteiger partial charge on any atom is -0.511 e. The molecule has 0 aliphatic heterocycles. The maximum atomic E-state index is 13.0. The van der Waals surface area contributed by atoms with Gasteiger partial charge < -0.3 is 15.2 Å². The van der Waals surface area contributed by atoms with Crippen molar-refractivity contribution in [1.29, 1.82) is 0 Å². The van der Waals surface area contributed by atoms with Crippen molar-refractivity contribution in [3.63, 3.8) is 0 Å². The average Bonchev–Trinajstić information content (AvgIpc) is 2.88. The Morgan fingerprint density at radius 2 is 2.07 bits per heavy atom. The molecule has 3 rings (SSSR count). The summed E-state index contributed by atoms with van der Waals surface area (Å²) in [6, 6.07) is 1.77. The van der Waals surface area contributed by atoms with Crippen LogP contribution in [0.4, 0.5) is 13.2 Å². The van der Waals surface area contributed by atoms with Crippen LogP contribution in [0.1, 0.15) is 44.2 Å². The first-order valence-electron chi connectivity index (χ1n) is 10.2. The number of aliphatic hydroxyl groups is 1. The van der Waals surface area contributed by atoms with Crippen molar-refractivity contribution in [2.45, 2.75) is 64.2 Å². The van der Waals surface area contributed by atoms with Crippen molar-refractivity contribution in [1.82, 2.24) is 15.1 Å². The van der Waals surface area contributed by atoms with Gasteiger partial charge in [-0.2, -0.15) is 18.3 Å². The number of aromatic nitrogens is 2. The van der Waals surface area contributed by atoms with Crippen molar-refractivity contribution in [3.8, 4) is 5.88 Å². The van der Waals surface area contributed by atoms with E-state index in [1.54, 1.807) is 7.11 Å². The number of aryl methyl sites for hydroxylation is 1. The smallest absolute Gasteiger partial charge is 0.412 e. The highest BCUT2D eigenvalue weighted by atomic mass is 19.4. The third-order valence-electron chi connectivity index (χ3n) is 5.86. The summed E-state index contributed by atoms with van der Waals surface area (Å²) < 4.78 is 46.1. The summed E-state index contributed by atoms with van der Waals surface area (Å²) in [7, 11) is 1.61. The van der Waals surface area contributed by atoms with Crippen molar-refractivity contribution in [2.75, 3.05) is 7.11 Å². The summed E-state index contributed by atoms with van der Waals surface area (Å²) in [6.07, 6.45) is 1.01. The molecule has 1 heterocycles. The number of amides is 1. The first-order chi connectivity index (χ1) is 14.2. The van der Waals surface area contributed by atoms with E-state index in [2.05, 4.69) is 10.4 Å². The summed E-state index contributed by atoms with van der Waals surface area (Å²) in [5, 5.41) is 17.3. The van der Waals surface area contributed by atoms with Crippen LogP contribution in [-0.4, -0.2) is 40.1 Å². The summed E-state index contributed by atoms with van der Waals surface area (Å²) in [5.41, 5.74) is 0.0862. The third kappa shape index (κ3) is 5.37. The van der Waals surface area contributed by atoms with E-state index in [9.17, 15) is 23.1 Å². The molecule has 1 amide bonds. The predicted molar refractivity (Wildman–Crippen MR) is 105 cm³/mol. The molecule has 0 spiro atoms. The van der Waals surface area contributed by atoms with E-state index in [-0.39, 0.29) is 11.8 Å². The predicted octanol–water partition coefficient (Wildman–Crippen LogP) is 4.22. The molecule has 1 aromatic heterocycles. The van der Waals surface area contributed by atoms with Crippen LogP contribution in [0.15, 0.2) is 29.6 Å². The zero-order chi connectivity index (χ0) is 21.9. The van der Waals surface area contributed by atoms with Gasteiger partial charge in [0.25, 0.3) is 0 Å². The topological polar surface area (TPSA) is 76.4 Å². The number of carbonyl (C=O) groups excluding carboxylic acids is 1. The average molecular weight is 427 g/mol. The molecule has 0 radical (unpaired) electrons. The van der Waals surface area contributed by atoms with Gasteiger partial charge in [-0.25, -0.2) is 4.68 Å². The quantitative estimate of drug-likeness (QED) is 0.690. The van der Waals surface area contributed by atoms with Gasteiger partial charge in [-0.3, -0.25) is 4.79 Å². The van der Waals surface area contributed by atoms with E-state index in [0.29, 0.717) is 5.92 Å². The van der Waals surface area contributed by atoms with E-state index in [4.69, 9.17) is 4.74 Å². The maximum absolute atomic E-state index is 13.0. The number of hydrogen-bond donors (Lipinski definition) is 2. The number of ether oxygens (including phenoxy) is 1. The minimum atomic E-state index is -4.50. The second kappa shape index (κ2) is 9.14. The second-order valence-electron chi connectivity index (χ2n) is 8.13. The molecule has 0 saturated heterocycles. The minimum absolute atomic E-state index is 0.114. The van der Waals surface area contributed by atoms with Crippen molar-refractivity contribution >= 4 is 5.91 Å². The van der Waals surface area contributed by atoms with Gasteiger partial charge in [0.15, 0.2) is 0 Å². The summed E-state index contributed by atoms with van der Waals surface area (Å²) in [6.45, 7) is 2.63. The second-order valence-corrected chi connectivity index (χ2v) is 8.13. The number of nitrogens with zero attached hydrogens (tertiary/aromatic N) is 2. The fourth-order valence-corrected chi connectivity index (χ4v) is 4.20. The molecular weight excluding hydrogens is 399 g/mol. The number of allylic oxidation sites excluding steroid dienone is 3. The molecule has 1 fully saturated rings. The maximum Gasteiger partial charge on any atom is 0.412 e. The fraction of sp³-hybridized carbons (Fsp3) is 0.619. The largest absolute Gasteiger partial charge is 0.511 e. The number of alkyl halides is 3. The van der Waals surface area contributed by atoms with Crippen LogP contribution >= 0.6 is 0 Å². The van der Waals surface area contributed by atoms with Gasteiger partial charge >= 0.3 is 6.18 Å². The number of rotatable bonds is 5. The Morgan fingerprint density at radius 3 is 2.77 bits per heavy atom. The Balaban J connectivity index is 1.55. The van der Waals surface area contributed by atoms with Crippen molar-refractivity contribution < 1.29 is 27.8 Å². The lowest BCUT2D eigenvalue weighted by molar-refractivity contribution is -0.126. The highest BCUT2D eigenvalue weighted by Crippen LogP contribution is 2.35. The number of aliphatic hydroxyl groups excluding tert-OH is 1. The van der Waals surface area contributed by atoms with Crippen LogP contribution in [0.2, 0.25) is 0 Å². The molecule has 3 atom stereocenters. The highest BCUT2D eigenvalue weighted by molar-refractivity contribution is 5.82. The molecule has 30 heavy (non-hydrogen) atoms. The molecule has 1 aromatic rings. The molecule has 166 valence electrons. The first kappa shape index (κ1) is 22.2. The van der Waals surface area contributed by atoms with E-state index in [0.717, 1.165) is 62.4 Å². The highest BCUT2D eigenvalue weighted by Gasteiger charge is 2.39. The van der Waals surface area contributed by atoms with E-state index in [1.165, 1.54) is 0 Å². The summed E-state index contributed by atoms with van der Waals surface area (Å²) >= 11 is 0. The van der Waals surface area contributed by atoms with E-state index >= 15 is 0 Å². The Bertz CT molecular complexity index is 829. The molecule has 9 heteroatoms. The first-order valence-corrected chi connectivity index (χ1v) is 10.2. The number of methoxy groups -OCH3 is 1. The summed E-state index contributed by atoms with van der Waals surface area (Å²) in [5.74, 6) is -0.973. The standard InChI is InChI=1S/C21H28F3N3O3/c1-13-10-19(30-2)27(26-13)12-14-4-3-5-16(8-6-14)25-20(29)17-11-15(21(22,23)24)7-9-18(17)28/h7,9-10,14,16-17,28H,3-6,8,11-12H2,1-2H3,(H,25,29). The molecule has 6 nitrogen and oxygen atoms in total. The van der Waals surface area contributed by atoms with Gasteiger partial charge in [0.1, 0.15) is 5.76 Å². The van der Waals surface area contributed by atoms with Crippen LogP contribution in [0.5, 0.6) is 5.88 Å². The molecule has 1 saturated carbocycles. The number of hydrogen-bond acceptors (Lipinski definition) is 4. The van der Waals surface area contributed by atoms with Gasteiger partial charge in [-0.15, -0.1) is 0 Å². The van der Waals surface area contributed by atoms with Crippen LogP contribution in [-0.2, 0) is 11.3 Å². The Hall–Kier alpha value is -2.45. The molecule has 2 N–H and O–H groups in total. The van der Waals surface area contributed by atoms with Gasteiger partial charge in [0, 0.05) is 24.2 Å². The molecule has 2 aliphatic rings. The monoisotopic (exact) mass is 427 g/mol. The number of carbonyl (C=O) groups is 1. The van der Waals surface area contributed by atoms with Gasteiger partial charge in [0.05, 0.1) is 18.7 Å². The van der Waals surface area contributed by atoms with Gasteiger partial charge in [-0.05, 0) is 51.0 Å². The molecule has 0 aromatic carbocycles. The number of nitrogens with one attached hydrogen (secondary N) is 1. The lowest BCUT2D eigenvalue weighted by Crippen LogP contribution is -2.40. The fourth-order valence-electron chi connectivity index (χ4n) is 4.20. The van der Waals surface area contributed by atoms with Crippen molar-refractivity contribution in [3.05, 3.63) is 35.2 Å². The van der Waals surface area contributed by atoms with Crippen LogP contribution in [0.3, 0.4) is 0 Å². The van der Waals surface area contributed by atoms with E-state index < -0.39 is 30.0 Å².